The monoisotopic (exact) mass is 356 g/mol. The summed E-state index contributed by atoms with van der Waals surface area (Å²) < 4.78 is 5.53. The van der Waals surface area contributed by atoms with Crippen molar-refractivity contribution in [1.82, 2.24) is 20.2 Å². The SMILES string of the molecule is NC(=O)CN1CCN(c2nc(-c3ccco3)nc3c2CCNCC3)CC1. The van der Waals surface area contributed by atoms with Crippen LogP contribution in [0.2, 0.25) is 0 Å². The van der Waals surface area contributed by atoms with Crippen LogP contribution in [-0.4, -0.2) is 66.6 Å². The number of nitrogens with two attached hydrogens (primary N) is 1. The summed E-state index contributed by atoms with van der Waals surface area (Å²) in [6, 6.07) is 3.75. The van der Waals surface area contributed by atoms with Gasteiger partial charge in [0, 0.05) is 44.7 Å². The van der Waals surface area contributed by atoms with Gasteiger partial charge in [-0.3, -0.25) is 9.69 Å². The van der Waals surface area contributed by atoms with Crippen LogP contribution in [0.5, 0.6) is 0 Å². The van der Waals surface area contributed by atoms with Gasteiger partial charge in [-0.15, -0.1) is 0 Å². The van der Waals surface area contributed by atoms with Crippen LogP contribution < -0.4 is 16.0 Å². The normalized spacial score (nSPS) is 18.4. The summed E-state index contributed by atoms with van der Waals surface area (Å²) in [7, 11) is 0. The Bertz CT molecular complexity index is 768. The molecule has 2 aliphatic rings. The standard InChI is InChI=1S/C18H24N6O2/c19-16(25)12-23-7-9-24(10-8-23)18-13-3-5-20-6-4-14(13)21-17(22-18)15-2-1-11-26-15/h1-2,11,20H,3-10,12H2,(H2,19,25). The van der Waals surface area contributed by atoms with Gasteiger partial charge in [0.2, 0.25) is 5.91 Å². The Kier molecular flexibility index (Phi) is 4.85. The van der Waals surface area contributed by atoms with E-state index in [9.17, 15) is 4.79 Å². The van der Waals surface area contributed by atoms with Crippen molar-refractivity contribution in [3.8, 4) is 11.6 Å². The number of hydrogen-bond donors (Lipinski definition) is 2. The molecule has 0 radical (unpaired) electrons. The third-order valence-corrected chi connectivity index (χ3v) is 4.95. The van der Waals surface area contributed by atoms with Crippen molar-refractivity contribution >= 4 is 11.7 Å². The lowest BCUT2D eigenvalue weighted by Crippen LogP contribution is -2.49. The molecule has 0 aromatic carbocycles. The molecule has 0 saturated carbocycles. The maximum Gasteiger partial charge on any atom is 0.231 e. The summed E-state index contributed by atoms with van der Waals surface area (Å²) in [6.45, 7) is 5.42. The molecule has 1 saturated heterocycles. The lowest BCUT2D eigenvalue weighted by molar-refractivity contribution is -0.119. The molecule has 4 heterocycles. The molecule has 8 heteroatoms. The third kappa shape index (κ3) is 3.56. The minimum absolute atomic E-state index is 0.277. The largest absolute Gasteiger partial charge is 0.461 e. The predicted octanol–water partition coefficient (Wildman–Crippen LogP) is 0.0321. The molecule has 2 aliphatic heterocycles. The number of piperazine rings is 1. The Hall–Kier alpha value is -2.45. The quantitative estimate of drug-likeness (QED) is 0.797. The molecule has 0 aliphatic carbocycles. The summed E-state index contributed by atoms with van der Waals surface area (Å²) in [5, 5.41) is 3.44. The van der Waals surface area contributed by atoms with E-state index >= 15 is 0 Å². The van der Waals surface area contributed by atoms with Gasteiger partial charge < -0.3 is 20.4 Å². The predicted molar refractivity (Wildman–Crippen MR) is 97.9 cm³/mol. The number of rotatable bonds is 4. The number of aromatic nitrogens is 2. The molecule has 8 nitrogen and oxygen atoms in total. The minimum atomic E-state index is -0.277. The molecule has 0 bridgehead atoms. The lowest BCUT2D eigenvalue weighted by atomic mass is 10.1. The Morgan fingerprint density at radius 1 is 1.19 bits per heavy atom. The maximum atomic E-state index is 11.2. The van der Waals surface area contributed by atoms with Crippen molar-refractivity contribution in [2.24, 2.45) is 5.73 Å². The highest BCUT2D eigenvalue weighted by Gasteiger charge is 2.25. The number of fused-ring (bicyclic) bond motifs is 1. The number of anilines is 1. The molecule has 0 spiro atoms. The number of nitrogens with zero attached hydrogens (tertiary/aromatic N) is 4. The molecule has 1 amide bonds. The number of carbonyl (C=O) groups is 1. The molecule has 3 N–H and O–H groups in total. The highest BCUT2D eigenvalue weighted by molar-refractivity contribution is 5.76. The first kappa shape index (κ1) is 17.0. The zero-order valence-corrected chi connectivity index (χ0v) is 14.8. The van der Waals surface area contributed by atoms with Gasteiger partial charge in [0.25, 0.3) is 0 Å². The average Bonchev–Trinajstić information content (AvgIpc) is 3.07. The molecule has 4 rings (SSSR count). The zero-order valence-electron chi connectivity index (χ0n) is 14.8. The topological polar surface area (TPSA) is 101 Å². The fourth-order valence-electron chi connectivity index (χ4n) is 3.64. The van der Waals surface area contributed by atoms with Crippen LogP contribution in [0.3, 0.4) is 0 Å². The molecular weight excluding hydrogens is 332 g/mol. The van der Waals surface area contributed by atoms with Gasteiger partial charge in [0.1, 0.15) is 5.82 Å². The first-order chi connectivity index (χ1) is 12.7. The third-order valence-electron chi connectivity index (χ3n) is 4.95. The van der Waals surface area contributed by atoms with Crippen molar-refractivity contribution in [2.45, 2.75) is 12.8 Å². The summed E-state index contributed by atoms with van der Waals surface area (Å²) in [4.78, 5) is 25.2. The molecule has 2 aromatic heterocycles. The molecule has 138 valence electrons. The molecule has 26 heavy (non-hydrogen) atoms. The van der Waals surface area contributed by atoms with Gasteiger partial charge in [-0.1, -0.05) is 0 Å². The van der Waals surface area contributed by atoms with E-state index in [0.29, 0.717) is 18.1 Å². The van der Waals surface area contributed by atoms with Crippen LogP contribution in [0.25, 0.3) is 11.6 Å². The highest BCUT2D eigenvalue weighted by Crippen LogP contribution is 2.28. The van der Waals surface area contributed by atoms with Crippen LogP contribution in [-0.2, 0) is 17.6 Å². The summed E-state index contributed by atoms with van der Waals surface area (Å²) in [5.41, 5.74) is 7.65. The summed E-state index contributed by atoms with van der Waals surface area (Å²) in [6.07, 6.45) is 3.46. The van der Waals surface area contributed by atoms with Gasteiger partial charge >= 0.3 is 0 Å². The Morgan fingerprint density at radius 3 is 2.73 bits per heavy atom. The fraction of sp³-hybridized carbons (Fsp3) is 0.500. The van der Waals surface area contributed by atoms with Gasteiger partial charge in [-0.25, -0.2) is 9.97 Å². The van der Waals surface area contributed by atoms with Crippen LogP contribution in [0, 0.1) is 0 Å². The van der Waals surface area contributed by atoms with Crippen molar-refractivity contribution in [1.29, 1.82) is 0 Å². The summed E-state index contributed by atoms with van der Waals surface area (Å²) >= 11 is 0. The number of hydrogen-bond acceptors (Lipinski definition) is 7. The summed E-state index contributed by atoms with van der Waals surface area (Å²) in [5.74, 6) is 2.06. The van der Waals surface area contributed by atoms with E-state index in [0.717, 1.165) is 63.6 Å². The average molecular weight is 356 g/mol. The van der Waals surface area contributed by atoms with E-state index in [4.69, 9.17) is 20.1 Å². The Balaban J connectivity index is 1.64. The van der Waals surface area contributed by atoms with Crippen molar-refractivity contribution in [3.05, 3.63) is 29.7 Å². The van der Waals surface area contributed by atoms with Crippen molar-refractivity contribution in [2.75, 3.05) is 50.7 Å². The second-order valence-electron chi connectivity index (χ2n) is 6.75. The first-order valence-electron chi connectivity index (χ1n) is 9.10. The molecule has 2 aromatic rings. The van der Waals surface area contributed by atoms with Crippen LogP contribution in [0.1, 0.15) is 11.3 Å². The first-order valence-corrected chi connectivity index (χ1v) is 9.10. The number of carbonyl (C=O) groups excluding carboxylic acids is 1. The molecule has 0 unspecified atom stereocenters. The van der Waals surface area contributed by atoms with Crippen LogP contribution in [0.4, 0.5) is 5.82 Å². The molecule has 1 fully saturated rings. The fourth-order valence-corrected chi connectivity index (χ4v) is 3.64. The Labute approximate surface area is 152 Å². The van der Waals surface area contributed by atoms with E-state index in [-0.39, 0.29) is 5.91 Å². The van der Waals surface area contributed by atoms with Gasteiger partial charge in [0.05, 0.1) is 18.5 Å². The van der Waals surface area contributed by atoms with E-state index in [1.807, 2.05) is 12.1 Å². The number of primary amides is 1. The van der Waals surface area contributed by atoms with Crippen molar-refractivity contribution < 1.29 is 9.21 Å². The number of amides is 1. The second-order valence-corrected chi connectivity index (χ2v) is 6.75. The van der Waals surface area contributed by atoms with Gasteiger partial charge in [-0.05, 0) is 25.1 Å². The molecule has 0 atom stereocenters. The maximum absolute atomic E-state index is 11.2. The zero-order chi connectivity index (χ0) is 17.9. The van der Waals surface area contributed by atoms with E-state index in [2.05, 4.69) is 15.1 Å². The highest BCUT2D eigenvalue weighted by atomic mass is 16.3. The van der Waals surface area contributed by atoms with Gasteiger partial charge in [0.15, 0.2) is 11.6 Å². The number of furan rings is 1. The minimum Gasteiger partial charge on any atom is -0.461 e. The van der Waals surface area contributed by atoms with E-state index in [1.165, 1.54) is 5.56 Å². The smallest absolute Gasteiger partial charge is 0.231 e. The van der Waals surface area contributed by atoms with Crippen molar-refractivity contribution in [3.63, 3.8) is 0 Å². The lowest BCUT2D eigenvalue weighted by Gasteiger charge is -2.36. The van der Waals surface area contributed by atoms with E-state index < -0.39 is 0 Å². The van der Waals surface area contributed by atoms with Crippen LogP contribution in [0.15, 0.2) is 22.8 Å². The van der Waals surface area contributed by atoms with Gasteiger partial charge in [-0.2, -0.15) is 0 Å². The second kappa shape index (κ2) is 7.43. The Morgan fingerprint density at radius 2 is 2.00 bits per heavy atom. The molecular formula is C18H24N6O2. The van der Waals surface area contributed by atoms with Crippen LogP contribution >= 0.6 is 0 Å². The van der Waals surface area contributed by atoms with E-state index in [1.54, 1.807) is 6.26 Å². The number of nitrogens with one attached hydrogen (secondary N) is 1.